The zero-order chi connectivity index (χ0) is 12.8. The normalized spacial score (nSPS) is 14.6. The van der Waals surface area contributed by atoms with Crippen LogP contribution in [0.15, 0.2) is 18.2 Å². The number of hydrogen-bond acceptors (Lipinski definition) is 2. The van der Waals surface area contributed by atoms with Crippen molar-refractivity contribution in [1.29, 1.82) is 0 Å². The molecule has 0 heterocycles. The van der Waals surface area contributed by atoms with Crippen molar-refractivity contribution < 1.29 is 4.74 Å². The quantitative estimate of drug-likeness (QED) is 0.799. The third-order valence-corrected chi connectivity index (χ3v) is 3.83. The molecule has 0 amide bonds. The molecule has 0 aliphatic rings. The smallest absolute Gasteiger partial charge is 0.0627 e. The highest BCUT2D eigenvalue weighted by atomic mass is 35.5. The van der Waals surface area contributed by atoms with Gasteiger partial charge in [-0.2, -0.15) is 0 Å². The van der Waals surface area contributed by atoms with Gasteiger partial charge in [0.1, 0.15) is 0 Å². The predicted molar refractivity (Wildman–Crippen MR) is 74.2 cm³/mol. The summed E-state index contributed by atoms with van der Waals surface area (Å²) in [6.07, 6.45) is 0. The third-order valence-electron chi connectivity index (χ3n) is 2.99. The van der Waals surface area contributed by atoms with Gasteiger partial charge in [0.25, 0.3) is 0 Å². The monoisotopic (exact) mass is 275 g/mol. The van der Waals surface area contributed by atoms with E-state index in [1.54, 1.807) is 7.11 Å². The SMILES string of the molecule is COCCNC(C)C(C)c1cccc(Cl)c1Cl. The number of rotatable bonds is 6. The van der Waals surface area contributed by atoms with Gasteiger partial charge >= 0.3 is 0 Å². The molecule has 0 saturated heterocycles. The maximum absolute atomic E-state index is 6.21. The fourth-order valence-electron chi connectivity index (χ4n) is 1.71. The minimum absolute atomic E-state index is 0.304. The van der Waals surface area contributed by atoms with Gasteiger partial charge in [0.05, 0.1) is 16.7 Å². The molecule has 96 valence electrons. The highest BCUT2D eigenvalue weighted by Gasteiger charge is 2.17. The van der Waals surface area contributed by atoms with Gasteiger partial charge in [-0.1, -0.05) is 42.3 Å². The molecule has 0 fully saturated rings. The van der Waals surface area contributed by atoms with E-state index in [2.05, 4.69) is 19.2 Å². The Morgan fingerprint density at radius 1 is 1.29 bits per heavy atom. The van der Waals surface area contributed by atoms with Gasteiger partial charge in [-0.15, -0.1) is 0 Å². The van der Waals surface area contributed by atoms with E-state index in [0.717, 1.165) is 12.1 Å². The molecule has 1 aromatic carbocycles. The average molecular weight is 276 g/mol. The Bertz CT molecular complexity index is 357. The number of benzene rings is 1. The highest BCUT2D eigenvalue weighted by molar-refractivity contribution is 6.42. The molecule has 1 rings (SSSR count). The Hall–Kier alpha value is -0.280. The Balaban J connectivity index is 2.68. The van der Waals surface area contributed by atoms with E-state index in [1.165, 1.54) is 0 Å². The van der Waals surface area contributed by atoms with Crippen LogP contribution in [-0.2, 0) is 4.74 Å². The van der Waals surface area contributed by atoms with E-state index < -0.39 is 0 Å². The van der Waals surface area contributed by atoms with Gasteiger partial charge in [-0.3, -0.25) is 0 Å². The number of hydrogen-bond donors (Lipinski definition) is 1. The number of nitrogens with one attached hydrogen (secondary N) is 1. The summed E-state index contributed by atoms with van der Waals surface area (Å²) in [6, 6.07) is 6.08. The lowest BCUT2D eigenvalue weighted by Crippen LogP contribution is -2.33. The summed E-state index contributed by atoms with van der Waals surface area (Å²) in [7, 11) is 1.70. The number of halogens is 2. The molecule has 2 unspecified atom stereocenters. The molecule has 2 nitrogen and oxygen atoms in total. The van der Waals surface area contributed by atoms with Gasteiger partial charge in [-0.25, -0.2) is 0 Å². The van der Waals surface area contributed by atoms with Gasteiger partial charge < -0.3 is 10.1 Å². The molecule has 2 atom stereocenters. The van der Waals surface area contributed by atoms with Crippen LogP contribution in [0.2, 0.25) is 10.0 Å². The third kappa shape index (κ3) is 4.14. The largest absolute Gasteiger partial charge is 0.383 e. The molecule has 0 aromatic heterocycles. The van der Waals surface area contributed by atoms with Gasteiger partial charge in [0, 0.05) is 19.7 Å². The van der Waals surface area contributed by atoms with Crippen LogP contribution in [0, 0.1) is 0 Å². The fourth-order valence-corrected chi connectivity index (χ4v) is 2.19. The standard InChI is InChI=1S/C13H19Cl2NO/c1-9(10(2)16-7-8-17-3)11-5-4-6-12(14)13(11)15/h4-6,9-10,16H,7-8H2,1-3H3. The van der Waals surface area contributed by atoms with Crippen molar-refractivity contribution in [3.8, 4) is 0 Å². The maximum Gasteiger partial charge on any atom is 0.0627 e. The number of methoxy groups -OCH3 is 1. The summed E-state index contributed by atoms with van der Waals surface area (Å²) in [6.45, 7) is 5.82. The van der Waals surface area contributed by atoms with Crippen LogP contribution < -0.4 is 5.32 Å². The molecule has 0 aliphatic carbocycles. The van der Waals surface area contributed by atoms with Crippen molar-refractivity contribution in [3.05, 3.63) is 33.8 Å². The van der Waals surface area contributed by atoms with E-state index in [-0.39, 0.29) is 0 Å². The summed E-state index contributed by atoms with van der Waals surface area (Å²) >= 11 is 12.2. The molecule has 4 heteroatoms. The molecule has 1 N–H and O–H groups in total. The zero-order valence-corrected chi connectivity index (χ0v) is 12.0. The molecule has 0 bridgehead atoms. The summed E-state index contributed by atoms with van der Waals surface area (Å²) in [4.78, 5) is 0. The van der Waals surface area contributed by atoms with Gasteiger partial charge in [0.2, 0.25) is 0 Å². The first kappa shape index (κ1) is 14.8. The van der Waals surface area contributed by atoms with Gasteiger partial charge in [-0.05, 0) is 24.5 Å². The van der Waals surface area contributed by atoms with Crippen LogP contribution >= 0.6 is 23.2 Å². The Labute approximate surface area is 113 Å². The van der Waals surface area contributed by atoms with Crippen molar-refractivity contribution in [2.45, 2.75) is 25.8 Å². The summed E-state index contributed by atoms with van der Waals surface area (Å²) < 4.78 is 5.01. The van der Waals surface area contributed by atoms with Crippen molar-refractivity contribution >= 4 is 23.2 Å². The molecule has 0 aliphatic heterocycles. The zero-order valence-electron chi connectivity index (χ0n) is 10.5. The van der Waals surface area contributed by atoms with Gasteiger partial charge in [0.15, 0.2) is 0 Å². The number of ether oxygens (including phenoxy) is 1. The predicted octanol–water partition coefficient (Wildman–Crippen LogP) is 3.72. The van der Waals surface area contributed by atoms with Crippen LogP contribution in [0.4, 0.5) is 0 Å². The van der Waals surface area contributed by atoms with Crippen LogP contribution in [0.1, 0.15) is 25.3 Å². The second kappa shape index (κ2) is 7.22. The summed E-state index contributed by atoms with van der Waals surface area (Å²) in [5.41, 5.74) is 1.08. The minimum Gasteiger partial charge on any atom is -0.383 e. The average Bonchev–Trinajstić information content (AvgIpc) is 2.32. The molecule has 17 heavy (non-hydrogen) atoms. The highest BCUT2D eigenvalue weighted by Crippen LogP contribution is 2.32. The lowest BCUT2D eigenvalue weighted by atomic mass is 9.94. The lowest BCUT2D eigenvalue weighted by Gasteiger charge is -2.23. The maximum atomic E-state index is 6.21. The second-order valence-electron chi connectivity index (χ2n) is 4.17. The fraction of sp³-hybridized carbons (Fsp3) is 0.538. The molecule has 0 radical (unpaired) electrons. The topological polar surface area (TPSA) is 21.3 Å². The summed E-state index contributed by atoms with van der Waals surface area (Å²) in [5.74, 6) is 0.304. The second-order valence-corrected chi connectivity index (χ2v) is 4.95. The Kier molecular flexibility index (Phi) is 6.28. The first-order valence-electron chi connectivity index (χ1n) is 5.74. The lowest BCUT2D eigenvalue weighted by molar-refractivity contribution is 0.195. The molecule has 0 spiro atoms. The van der Waals surface area contributed by atoms with Crippen LogP contribution in [-0.4, -0.2) is 26.3 Å². The van der Waals surface area contributed by atoms with E-state index in [4.69, 9.17) is 27.9 Å². The van der Waals surface area contributed by atoms with Crippen LogP contribution in [0.5, 0.6) is 0 Å². The van der Waals surface area contributed by atoms with Crippen molar-refractivity contribution in [1.82, 2.24) is 5.32 Å². The van der Waals surface area contributed by atoms with E-state index in [0.29, 0.717) is 28.6 Å². The van der Waals surface area contributed by atoms with Crippen molar-refractivity contribution in [3.63, 3.8) is 0 Å². The molecule has 0 saturated carbocycles. The molecule has 1 aromatic rings. The Morgan fingerprint density at radius 2 is 2.00 bits per heavy atom. The molecular formula is C13H19Cl2NO. The first-order valence-corrected chi connectivity index (χ1v) is 6.49. The first-order chi connectivity index (χ1) is 8.07. The summed E-state index contributed by atoms with van der Waals surface area (Å²) in [5, 5.41) is 4.67. The van der Waals surface area contributed by atoms with Crippen LogP contribution in [0.25, 0.3) is 0 Å². The minimum atomic E-state index is 0.304. The molecular weight excluding hydrogens is 257 g/mol. The van der Waals surface area contributed by atoms with Crippen molar-refractivity contribution in [2.24, 2.45) is 0 Å². The van der Waals surface area contributed by atoms with E-state index >= 15 is 0 Å². The van der Waals surface area contributed by atoms with Crippen LogP contribution in [0.3, 0.4) is 0 Å². The van der Waals surface area contributed by atoms with Crippen molar-refractivity contribution in [2.75, 3.05) is 20.3 Å². The Morgan fingerprint density at radius 3 is 2.65 bits per heavy atom. The van der Waals surface area contributed by atoms with E-state index in [9.17, 15) is 0 Å². The van der Waals surface area contributed by atoms with E-state index in [1.807, 2.05) is 18.2 Å².